The third kappa shape index (κ3) is 6.00. The highest BCUT2D eigenvalue weighted by atomic mass is 16.3. The number of para-hydroxylation sites is 5. The van der Waals surface area contributed by atoms with Crippen molar-refractivity contribution < 1.29 is 4.42 Å². The average Bonchev–Trinajstić information content (AvgIpc) is 3.67. The van der Waals surface area contributed by atoms with E-state index in [2.05, 4.69) is 239 Å². The molecule has 0 atom stereocenters. The van der Waals surface area contributed by atoms with Gasteiger partial charge in [-0.05, 0) is 115 Å². The molecule has 0 amide bonds. The molecule has 1 aromatic heterocycles. The molecule has 0 saturated heterocycles. The number of furan rings is 1. The van der Waals surface area contributed by atoms with Crippen molar-refractivity contribution in [2.24, 2.45) is 0 Å². The normalized spacial score (nSPS) is 11.2. The van der Waals surface area contributed by atoms with E-state index in [1.807, 2.05) is 0 Å². The van der Waals surface area contributed by atoms with Crippen molar-refractivity contribution in [3.05, 3.63) is 224 Å². The highest BCUT2D eigenvalue weighted by Gasteiger charge is 2.22. The van der Waals surface area contributed by atoms with E-state index in [1.165, 1.54) is 0 Å². The zero-order chi connectivity index (χ0) is 37.3. The summed E-state index contributed by atoms with van der Waals surface area (Å²) in [5.74, 6) is 0. The highest BCUT2D eigenvalue weighted by Crippen LogP contribution is 2.45. The maximum atomic E-state index is 6.92. The lowest BCUT2D eigenvalue weighted by Gasteiger charge is -2.29. The number of hydrogen-bond donors (Lipinski definition) is 0. The largest absolute Gasteiger partial charge is 0.453 e. The van der Waals surface area contributed by atoms with Gasteiger partial charge in [-0.2, -0.15) is 0 Å². The van der Waals surface area contributed by atoms with Crippen molar-refractivity contribution in [3.8, 4) is 0 Å². The molecule has 0 bridgehead atoms. The fourth-order valence-corrected chi connectivity index (χ4v) is 7.82. The van der Waals surface area contributed by atoms with E-state index in [0.717, 1.165) is 83.9 Å². The van der Waals surface area contributed by atoms with Gasteiger partial charge >= 0.3 is 0 Å². The predicted octanol–water partition coefficient (Wildman–Crippen LogP) is 15.1. The molecule has 56 heavy (non-hydrogen) atoms. The van der Waals surface area contributed by atoms with Crippen LogP contribution in [0.2, 0.25) is 0 Å². The van der Waals surface area contributed by atoms with Crippen molar-refractivity contribution in [2.75, 3.05) is 14.7 Å². The van der Waals surface area contributed by atoms with Gasteiger partial charge in [-0.15, -0.1) is 0 Å². The average molecular weight is 720 g/mol. The molecule has 9 aromatic carbocycles. The molecule has 0 saturated carbocycles. The Morgan fingerprint density at radius 3 is 1.05 bits per heavy atom. The number of benzene rings is 9. The van der Waals surface area contributed by atoms with Gasteiger partial charge in [-0.1, -0.05) is 115 Å². The summed E-state index contributed by atoms with van der Waals surface area (Å²) < 4.78 is 6.92. The van der Waals surface area contributed by atoms with Crippen molar-refractivity contribution in [1.82, 2.24) is 0 Å². The Balaban J connectivity index is 1.13. The molecule has 4 nitrogen and oxygen atoms in total. The lowest BCUT2D eigenvalue weighted by atomic mass is 10.1. The van der Waals surface area contributed by atoms with E-state index >= 15 is 0 Å². The first kappa shape index (κ1) is 33.0. The van der Waals surface area contributed by atoms with Crippen molar-refractivity contribution in [1.29, 1.82) is 0 Å². The van der Waals surface area contributed by atoms with Gasteiger partial charge in [0.05, 0.1) is 5.69 Å². The van der Waals surface area contributed by atoms with Crippen LogP contribution < -0.4 is 14.7 Å². The number of anilines is 9. The minimum Gasteiger partial charge on any atom is -0.453 e. The van der Waals surface area contributed by atoms with Gasteiger partial charge in [0.2, 0.25) is 0 Å². The standard InChI is InChI=1S/C52H37N3O/c1-5-17-39(18-6-1)53(40-19-7-2-8-20-40)43-29-33-45(34-30-43)55(50-27-15-26-48-49-37-28-38-16-13-14-25-47(38)51(49)56-52(48)50)46-35-31-44(32-36-46)54(41-21-9-3-10-22-41)42-23-11-4-12-24-42/h1-37H. The van der Waals surface area contributed by atoms with E-state index in [9.17, 15) is 0 Å². The van der Waals surface area contributed by atoms with Crippen LogP contribution in [0, 0.1) is 0 Å². The first-order valence-corrected chi connectivity index (χ1v) is 18.9. The van der Waals surface area contributed by atoms with Gasteiger partial charge in [-0.3, -0.25) is 0 Å². The summed E-state index contributed by atoms with van der Waals surface area (Å²) >= 11 is 0. The summed E-state index contributed by atoms with van der Waals surface area (Å²) in [4.78, 5) is 6.89. The van der Waals surface area contributed by atoms with Crippen molar-refractivity contribution in [2.45, 2.75) is 0 Å². The van der Waals surface area contributed by atoms with Crippen LogP contribution in [-0.4, -0.2) is 0 Å². The molecule has 0 aliphatic carbocycles. The molecule has 266 valence electrons. The van der Waals surface area contributed by atoms with E-state index in [4.69, 9.17) is 4.42 Å². The third-order valence-electron chi connectivity index (χ3n) is 10.4. The molecule has 0 unspecified atom stereocenters. The molecular weight excluding hydrogens is 683 g/mol. The summed E-state index contributed by atoms with van der Waals surface area (Å²) in [5, 5.41) is 4.46. The molecule has 0 aliphatic heterocycles. The molecule has 10 aromatic rings. The van der Waals surface area contributed by atoms with Crippen LogP contribution in [0.15, 0.2) is 229 Å². The highest BCUT2D eigenvalue weighted by molar-refractivity contribution is 6.17. The van der Waals surface area contributed by atoms with Crippen LogP contribution in [0.3, 0.4) is 0 Å². The Hall–Kier alpha value is -7.56. The minimum absolute atomic E-state index is 0.845. The molecule has 0 radical (unpaired) electrons. The lowest BCUT2D eigenvalue weighted by molar-refractivity contribution is 0.673. The Morgan fingerprint density at radius 1 is 0.232 bits per heavy atom. The summed E-state index contributed by atoms with van der Waals surface area (Å²) in [6, 6.07) is 79.0. The van der Waals surface area contributed by atoms with Crippen molar-refractivity contribution >= 4 is 83.9 Å². The fourth-order valence-electron chi connectivity index (χ4n) is 7.82. The van der Waals surface area contributed by atoms with Gasteiger partial charge in [0.1, 0.15) is 5.58 Å². The molecule has 4 heteroatoms. The molecule has 0 spiro atoms. The SMILES string of the molecule is c1ccc(N(c2ccccc2)c2ccc(N(c3ccc(N(c4ccccc4)c4ccccc4)cc3)c3cccc4c3oc3c5ccccc5ccc43)cc2)cc1. The lowest BCUT2D eigenvalue weighted by Crippen LogP contribution is -2.13. The van der Waals surface area contributed by atoms with Gasteiger partial charge in [0, 0.05) is 61.7 Å². The Morgan fingerprint density at radius 2 is 0.589 bits per heavy atom. The Kier molecular flexibility index (Phi) is 8.47. The van der Waals surface area contributed by atoms with E-state index in [1.54, 1.807) is 0 Å². The number of nitrogens with zero attached hydrogens (tertiary/aromatic N) is 3. The summed E-state index contributed by atoms with van der Waals surface area (Å²) in [5.41, 5.74) is 11.3. The second-order valence-corrected chi connectivity index (χ2v) is 13.8. The fraction of sp³-hybridized carbons (Fsp3) is 0. The van der Waals surface area contributed by atoms with Crippen LogP contribution >= 0.6 is 0 Å². The quantitative estimate of drug-likeness (QED) is 0.148. The second kappa shape index (κ2) is 14.3. The van der Waals surface area contributed by atoms with E-state index in [-0.39, 0.29) is 0 Å². The molecule has 0 N–H and O–H groups in total. The summed E-state index contributed by atoms with van der Waals surface area (Å²) in [6.07, 6.45) is 0. The topological polar surface area (TPSA) is 22.9 Å². The molecule has 0 aliphatic rings. The number of rotatable bonds is 9. The van der Waals surface area contributed by atoms with E-state index in [0.29, 0.717) is 0 Å². The van der Waals surface area contributed by atoms with Crippen LogP contribution in [0.1, 0.15) is 0 Å². The maximum absolute atomic E-state index is 6.92. The molecule has 10 rings (SSSR count). The van der Waals surface area contributed by atoms with Crippen LogP contribution in [0.5, 0.6) is 0 Å². The van der Waals surface area contributed by atoms with Crippen LogP contribution in [0.25, 0.3) is 32.7 Å². The third-order valence-corrected chi connectivity index (χ3v) is 10.4. The predicted molar refractivity (Wildman–Crippen MR) is 235 cm³/mol. The van der Waals surface area contributed by atoms with Gasteiger partial charge < -0.3 is 19.1 Å². The van der Waals surface area contributed by atoms with Crippen LogP contribution in [0.4, 0.5) is 51.2 Å². The zero-order valence-electron chi connectivity index (χ0n) is 30.6. The first-order valence-electron chi connectivity index (χ1n) is 18.9. The van der Waals surface area contributed by atoms with Crippen molar-refractivity contribution in [3.63, 3.8) is 0 Å². The Labute approximate surface area is 326 Å². The monoisotopic (exact) mass is 719 g/mol. The maximum Gasteiger partial charge on any atom is 0.159 e. The molecule has 0 fully saturated rings. The van der Waals surface area contributed by atoms with E-state index < -0.39 is 0 Å². The number of fused-ring (bicyclic) bond motifs is 5. The van der Waals surface area contributed by atoms with Gasteiger partial charge in [-0.25, -0.2) is 0 Å². The van der Waals surface area contributed by atoms with Gasteiger partial charge in [0.15, 0.2) is 5.58 Å². The van der Waals surface area contributed by atoms with Crippen LogP contribution in [-0.2, 0) is 0 Å². The molecular formula is C52H37N3O. The summed E-state index contributed by atoms with van der Waals surface area (Å²) in [6.45, 7) is 0. The first-order chi connectivity index (χ1) is 27.8. The number of hydrogen-bond acceptors (Lipinski definition) is 4. The second-order valence-electron chi connectivity index (χ2n) is 13.8. The minimum atomic E-state index is 0.845. The summed E-state index contributed by atoms with van der Waals surface area (Å²) in [7, 11) is 0. The van der Waals surface area contributed by atoms with Gasteiger partial charge in [0.25, 0.3) is 0 Å². The molecule has 1 heterocycles. The smallest absolute Gasteiger partial charge is 0.159 e. The Bertz CT molecular complexity index is 2690. The zero-order valence-corrected chi connectivity index (χ0v) is 30.6.